The lowest BCUT2D eigenvalue weighted by atomic mass is 10.2. The van der Waals surface area contributed by atoms with Crippen LogP contribution in [0.1, 0.15) is 28.9 Å². The number of anilines is 2. The SMILES string of the molecule is COc1cc(Cl)c(C)cc1NC(=O)c1ccc(N2CCCC2)cn1. The van der Waals surface area contributed by atoms with Crippen LogP contribution in [0.25, 0.3) is 0 Å². The summed E-state index contributed by atoms with van der Waals surface area (Å²) >= 11 is 6.09. The van der Waals surface area contributed by atoms with Crippen molar-refractivity contribution in [3.8, 4) is 5.75 Å². The van der Waals surface area contributed by atoms with Crippen molar-refractivity contribution in [2.24, 2.45) is 0 Å². The van der Waals surface area contributed by atoms with Crippen molar-refractivity contribution in [1.29, 1.82) is 0 Å². The minimum Gasteiger partial charge on any atom is -0.495 e. The van der Waals surface area contributed by atoms with E-state index in [9.17, 15) is 4.79 Å². The van der Waals surface area contributed by atoms with Gasteiger partial charge in [0.05, 0.1) is 24.7 Å². The molecule has 0 bridgehead atoms. The molecule has 1 aromatic heterocycles. The Morgan fingerprint density at radius 1 is 1.29 bits per heavy atom. The fraction of sp³-hybridized carbons (Fsp3) is 0.333. The number of aromatic nitrogens is 1. The highest BCUT2D eigenvalue weighted by molar-refractivity contribution is 6.31. The third kappa shape index (κ3) is 3.46. The zero-order valence-electron chi connectivity index (χ0n) is 13.8. The van der Waals surface area contributed by atoms with Crippen LogP contribution in [0.3, 0.4) is 0 Å². The second kappa shape index (κ2) is 7.09. The van der Waals surface area contributed by atoms with E-state index in [-0.39, 0.29) is 5.91 Å². The maximum Gasteiger partial charge on any atom is 0.274 e. The first-order chi connectivity index (χ1) is 11.6. The molecule has 1 fully saturated rings. The Labute approximate surface area is 146 Å². The first-order valence-electron chi connectivity index (χ1n) is 7.95. The predicted molar refractivity (Wildman–Crippen MR) is 96.4 cm³/mol. The summed E-state index contributed by atoms with van der Waals surface area (Å²) in [6, 6.07) is 7.17. The molecule has 6 heteroatoms. The molecular formula is C18H20ClN3O2. The van der Waals surface area contributed by atoms with Gasteiger partial charge in [-0.15, -0.1) is 0 Å². The number of pyridine rings is 1. The molecule has 2 aromatic rings. The van der Waals surface area contributed by atoms with E-state index in [1.165, 1.54) is 12.8 Å². The van der Waals surface area contributed by atoms with Crippen LogP contribution in [0.2, 0.25) is 5.02 Å². The lowest BCUT2D eigenvalue weighted by Gasteiger charge is -2.17. The number of methoxy groups -OCH3 is 1. The number of amides is 1. The van der Waals surface area contributed by atoms with E-state index in [0.717, 1.165) is 24.3 Å². The molecule has 1 N–H and O–H groups in total. The Balaban J connectivity index is 1.76. The van der Waals surface area contributed by atoms with E-state index in [0.29, 0.717) is 22.2 Å². The first kappa shape index (κ1) is 16.6. The summed E-state index contributed by atoms with van der Waals surface area (Å²) in [5.41, 5.74) is 2.87. The number of carbonyl (C=O) groups excluding carboxylic acids is 1. The molecule has 126 valence electrons. The second-order valence-corrected chi connectivity index (χ2v) is 6.26. The zero-order chi connectivity index (χ0) is 17.1. The average molecular weight is 346 g/mol. The number of ether oxygens (including phenoxy) is 1. The fourth-order valence-electron chi connectivity index (χ4n) is 2.80. The fourth-order valence-corrected chi connectivity index (χ4v) is 2.95. The third-order valence-corrected chi connectivity index (χ3v) is 4.59. The van der Waals surface area contributed by atoms with Crippen LogP contribution in [0.4, 0.5) is 11.4 Å². The van der Waals surface area contributed by atoms with Gasteiger partial charge in [0.2, 0.25) is 0 Å². The van der Waals surface area contributed by atoms with Gasteiger partial charge in [0, 0.05) is 24.2 Å². The smallest absolute Gasteiger partial charge is 0.274 e. The van der Waals surface area contributed by atoms with Crippen molar-refractivity contribution >= 4 is 28.9 Å². The van der Waals surface area contributed by atoms with E-state index in [1.54, 1.807) is 31.5 Å². The van der Waals surface area contributed by atoms with Gasteiger partial charge in [0.15, 0.2) is 0 Å². The van der Waals surface area contributed by atoms with Crippen molar-refractivity contribution in [2.75, 3.05) is 30.4 Å². The maximum absolute atomic E-state index is 12.4. The average Bonchev–Trinajstić information content (AvgIpc) is 3.12. The van der Waals surface area contributed by atoms with Gasteiger partial charge in [-0.05, 0) is 43.5 Å². The summed E-state index contributed by atoms with van der Waals surface area (Å²) in [6.07, 6.45) is 4.17. The van der Waals surface area contributed by atoms with Crippen molar-refractivity contribution in [2.45, 2.75) is 19.8 Å². The number of benzene rings is 1. The molecule has 0 spiro atoms. The largest absolute Gasteiger partial charge is 0.495 e. The zero-order valence-corrected chi connectivity index (χ0v) is 14.6. The van der Waals surface area contributed by atoms with E-state index >= 15 is 0 Å². The number of halogens is 1. The van der Waals surface area contributed by atoms with Crippen LogP contribution in [0, 0.1) is 6.92 Å². The molecule has 0 radical (unpaired) electrons. The van der Waals surface area contributed by atoms with Crippen molar-refractivity contribution in [3.05, 3.63) is 46.7 Å². The Bertz CT molecular complexity index is 741. The number of nitrogens with one attached hydrogen (secondary N) is 1. The van der Waals surface area contributed by atoms with Gasteiger partial charge < -0.3 is 15.0 Å². The predicted octanol–water partition coefficient (Wildman–Crippen LogP) is 3.90. The van der Waals surface area contributed by atoms with Crippen molar-refractivity contribution in [1.82, 2.24) is 4.98 Å². The number of hydrogen-bond donors (Lipinski definition) is 1. The van der Waals surface area contributed by atoms with Gasteiger partial charge in [-0.25, -0.2) is 4.98 Å². The Hall–Kier alpha value is -2.27. The molecule has 0 aliphatic carbocycles. The molecule has 1 aliphatic heterocycles. The molecular weight excluding hydrogens is 326 g/mol. The summed E-state index contributed by atoms with van der Waals surface area (Å²) < 4.78 is 5.28. The maximum atomic E-state index is 12.4. The number of aryl methyl sites for hydroxylation is 1. The van der Waals surface area contributed by atoms with Crippen LogP contribution in [0.15, 0.2) is 30.5 Å². The standard InChI is InChI=1S/C18H20ClN3O2/c1-12-9-16(17(24-2)10-14(12)19)21-18(23)15-6-5-13(11-20-15)22-7-3-4-8-22/h5-6,9-11H,3-4,7-8H2,1-2H3,(H,21,23). The molecule has 1 amide bonds. The molecule has 0 saturated carbocycles. The molecule has 0 atom stereocenters. The van der Waals surface area contributed by atoms with E-state index < -0.39 is 0 Å². The summed E-state index contributed by atoms with van der Waals surface area (Å²) in [6.45, 7) is 3.98. The summed E-state index contributed by atoms with van der Waals surface area (Å²) in [5.74, 6) is 0.246. The minimum absolute atomic E-state index is 0.275. The molecule has 24 heavy (non-hydrogen) atoms. The van der Waals surface area contributed by atoms with Gasteiger partial charge in [-0.3, -0.25) is 4.79 Å². The quantitative estimate of drug-likeness (QED) is 0.913. The van der Waals surface area contributed by atoms with Gasteiger partial charge in [-0.1, -0.05) is 11.6 Å². The lowest BCUT2D eigenvalue weighted by molar-refractivity contribution is 0.102. The summed E-state index contributed by atoms with van der Waals surface area (Å²) in [5, 5.41) is 3.43. The van der Waals surface area contributed by atoms with Crippen molar-refractivity contribution < 1.29 is 9.53 Å². The van der Waals surface area contributed by atoms with Crippen LogP contribution < -0.4 is 15.0 Å². The Morgan fingerprint density at radius 2 is 2.04 bits per heavy atom. The molecule has 5 nitrogen and oxygen atoms in total. The van der Waals surface area contributed by atoms with Crippen LogP contribution >= 0.6 is 11.6 Å². The highest BCUT2D eigenvalue weighted by Gasteiger charge is 2.15. The van der Waals surface area contributed by atoms with Crippen LogP contribution in [0.5, 0.6) is 5.75 Å². The molecule has 3 rings (SSSR count). The van der Waals surface area contributed by atoms with Gasteiger partial charge in [0.1, 0.15) is 11.4 Å². The third-order valence-electron chi connectivity index (χ3n) is 4.18. The van der Waals surface area contributed by atoms with Gasteiger partial charge >= 0.3 is 0 Å². The van der Waals surface area contributed by atoms with Crippen molar-refractivity contribution in [3.63, 3.8) is 0 Å². The minimum atomic E-state index is -0.275. The monoisotopic (exact) mass is 345 g/mol. The highest BCUT2D eigenvalue weighted by Crippen LogP contribution is 2.31. The molecule has 1 aliphatic rings. The molecule has 2 heterocycles. The number of carbonyl (C=O) groups is 1. The van der Waals surface area contributed by atoms with E-state index in [4.69, 9.17) is 16.3 Å². The molecule has 1 saturated heterocycles. The molecule has 0 unspecified atom stereocenters. The van der Waals surface area contributed by atoms with E-state index in [1.807, 2.05) is 13.0 Å². The summed E-state index contributed by atoms with van der Waals surface area (Å²) in [7, 11) is 1.54. The Kier molecular flexibility index (Phi) is 4.90. The normalized spacial score (nSPS) is 13.9. The number of rotatable bonds is 4. The highest BCUT2D eigenvalue weighted by atomic mass is 35.5. The lowest BCUT2D eigenvalue weighted by Crippen LogP contribution is -2.19. The number of hydrogen-bond acceptors (Lipinski definition) is 4. The van der Waals surface area contributed by atoms with Crippen LogP contribution in [-0.4, -0.2) is 31.1 Å². The molecule has 1 aromatic carbocycles. The topological polar surface area (TPSA) is 54.5 Å². The summed E-state index contributed by atoms with van der Waals surface area (Å²) in [4.78, 5) is 19.0. The first-order valence-corrected chi connectivity index (χ1v) is 8.33. The Morgan fingerprint density at radius 3 is 2.67 bits per heavy atom. The van der Waals surface area contributed by atoms with Gasteiger partial charge in [0.25, 0.3) is 5.91 Å². The van der Waals surface area contributed by atoms with Crippen LogP contribution in [-0.2, 0) is 0 Å². The van der Waals surface area contributed by atoms with E-state index in [2.05, 4.69) is 15.2 Å². The van der Waals surface area contributed by atoms with Gasteiger partial charge in [-0.2, -0.15) is 0 Å². The number of nitrogens with zero attached hydrogens (tertiary/aromatic N) is 2. The second-order valence-electron chi connectivity index (χ2n) is 5.85.